The summed E-state index contributed by atoms with van der Waals surface area (Å²) in [6, 6.07) is 6.93. The molecule has 1 aromatic carbocycles. The highest BCUT2D eigenvalue weighted by atomic mass is 35.5. The number of benzene rings is 1. The number of hydrogen-bond acceptors (Lipinski definition) is 5. The number of nitrogens with one attached hydrogen (secondary N) is 1. The van der Waals surface area contributed by atoms with Crippen molar-refractivity contribution in [2.75, 3.05) is 7.11 Å². The van der Waals surface area contributed by atoms with E-state index < -0.39 is 23.8 Å². The predicted octanol–water partition coefficient (Wildman–Crippen LogP) is 3.43. The highest BCUT2D eigenvalue weighted by Crippen LogP contribution is 2.21. The topological polar surface area (TPSA) is 85.5 Å². The van der Waals surface area contributed by atoms with Crippen molar-refractivity contribution >= 4 is 29.3 Å². The molecule has 1 heterocycles. The van der Waals surface area contributed by atoms with Crippen LogP contribution >= 0.6 is 11.6 Å². The molecular weight excluding hydrogens is 358 g/mol. The molecule has 138 valence electrons. The van der Waals surface area contributed by atoms with E-state index in [1.807, 2.05) is 0 Å². The molecule has 0 unspecified atom stereocenters. The molecule has 0 spiro atoms. The van der Waals surface area contributed by atoms with Crippen molar-refractivity contribution in [1.82, 2.24) is 4.98 Å². The lowest BCUT2D eigenvalue weighted by atomic mass is 10.1. The number of methoxy groups -OCH3 is 1. The molecule has 0 fully saturated rings. The molecule has 1 N–H and O–H groups in total. The number of hydrogen-bond donors (Lipinski definition) is 1. The van der Waals surface area contributed by atoms with E-state index in [0.717, 1.165) is 0 Å². The summed E-state index contributed by atoms with van der Waals surface area (Å²) in [5.74, 6) is -1.51. The fourth-order valence-corrected chi connectivity index (χ4v) is 2.90. The van der Waals surface area contributed by atoms with Crippen molar-refractivity contribution in [3.05, 3.63) is 57.4 Å². The quantitative estimate of drug-likeness (QED) is 0.615. The molecule has 1 aromatic heterocycles. The third kappa shape index (κ3) is 4.14. The number of esters is 2. The SMILES string of the molecule is COC(=O)c1c(C)[nH]c(C(=O)[C@H](C)OC(=O)Cc2ccccc2Cl)c1C. The van der Waals surface area contributed by atoms with Crippen LogP contribution in [0.15, 0.2) is 24.3 Å². The first-order valence-electron chi connectivity index (χ1n) is 8.00. The maximum absolute atomic E-state index is 12.6. The van der Waals surface area contributed by atoms with Gasteiger partial charge in [-0.2, -0.15) is 0 Å². The van der Waals surface area contributed by atoms with Gasteiger partial charge in [0.1, 0.15) is 0 Å². The number of aromatic nitrogens is 1. The Morgan fingerprint density at radius 1 is 1.19 bits per heavy atom. The molecule has 0 aliphatic heterocycles. The Balaban J connectivity index is 2.11. The Morgan fingerprint density at radius 2 is 1.85 bits per heavy atom. The number of H-pyrrole nitrogens is 1. The molecule has 0 amide bonds. The first kappa shape index (κ1) is 19.7. The summed E-state index contributed by atoms with van der Waals surface area (Å²) in [5, 5.41) is 0.460. The second-order valence-corrected chi connectivity index (χ2v) is 6.29. The minimum Gasteiger partial charge on any atom is -0.465 e. The number of rotatable bonds is 6. The minimum absolute atomic E-state index is 0.0343. The summed E-state index contributed by atoms with van der Waals surface area (Å²) in [5.41, 5.74) is 2.14. The van der Waals surface area contributed by atoms with Crippen molar-refractivity contribution in [3.8, 4) is 0 Å². The van der Waals surface area contributed by atoms with Crippen LogP contribution in [0.25, 0.3) is 0 Å². The predicted molar refractivity (Wildman–Crippen MR) is 96.6 cm³/mol. The van der Waals surface area contributed by atoms with E-state index in [1.165, 1.54) is 14.0 Å². The van der Waals surface area contributed by atoms with Crippen LogP contribution in [-0.4, -0.2) is 35.9 Å². The van der Waals surface area contributed by atoms with Crippen LogP contribution in [0.5, 0.6) is 0 Å². The zero-order valence-corrected chi connectivity index (χ0v) is 15.8. The molecule has 0 radical (unpaired) electrons. The molecule has 0 saturated carbocycles. The molecule has 0 aliphatic rings. The number of carbonyl (C=O) groups excluding carboxylic acids is 3. The fraction of sp³-hybridized carbons (Fsp3) is 0.316. The van der Waals surface area contributed by atoms with E-state index in [9.17, 15) is 14.4 Å². The number of halogens is 1. The highest BCUT2D eigenvalue weighted by Gasteiger charge is 2.27. The van der Waals surface area contributed by atoms with Crippen LogP contribution in [0.2, 0.25) is 5.02 Å². The smallest absolute Gasteiger partial charge is 0.339 e. The number of ether oxygens (including phenoxy) is 2. The number of ketones is 1. The van der Waals surface area contributed by atoms with Gasteiger partial charge in [0.05, 0.1) is 24.8 Å². The van der Waals surface area contributed by atoms with Gasteiger partial charge in [0.2, 0.25) is 5.78 Å². The van der Waals surface area contributed by atoms with Crippen molar-refractivity contribution in [1.29, 1.82) is 0 Å². The normalized spacial score (nSPS) is 11.7. The number of carbonyl (C=O) groups is 3. The third-order valence-corrected chi connectivity index (χ3v) is 4.41. The maximum atomic E-state index is 12.6. The van der Waals surface area contributed by atoms with E-state index in [0.29, 0.717) is 27.4 Å². The van der Waals surface area contributed by atoms with Crippen molar-refractivity contribution in [3.63, 3.8) is 0 Å². The van der Waals surface area contributed by atoms with Gasteiger partial charge in [-0.15, -0.1) is 0 Å². The van der Waals surface area contributed by atoms with E-state index >= 15 is 0 Å². The Kier molecular flexibility index (Phi) is 6.21. The lowest BCUT2D eigenvalue weighted by Gasteiger charge is -2.12. The molecule has 7 heteroatoms. The summed E-state index contributed by atoms with van der Waals surface area (Å²) in [7, 11) is 1.27. The highest BCUT2D eigenvalue weighted by molar-refractivity contribution is 6.31. The zero-order chi connectivity index (χ0) is 19.4. The number of aromatic amines is 1. The first-order chi connectivity index (χ1) is 12.3. The summed E-state index contributed by atoms with van der Waals surface area (Å²) < 4.78 is 9.96. The first-order valence-corrected chi connectivity index (χ1v) is 8.38. The average Bonchev–Trinajstić information content (AvgIpc) is 2.90. The second-order valence-electron chi connectivity index (χ2n) is 5.88. The summed E-state index contributed by atoms with van der Waals surface area (Å²) in [6.07, 6.45) is -1.04. The van der Waals surface area contributed by atoms with Crippen LogP contribution in [0.3, 0.4) is 0 Å². The van der Waals surface area contributed by atoms with E-state index in [2.05, 4.69) is 4.98 Å². The number of aryl methyl sites for hydroxylation is 1. The second kappa shape index (κ2) is 8.19. The summed E-state index contributed by atoms with van der Waals surface area (Å²) in [4.78, 5) is 39.4. The Labute approximate surface area is 156 Å². The van der Waals surface area contributed by atoms with Gasteiger partial charge in [-0.25, -0.2) is 4.79 Å². The Morgan fingerprint density at radius 3 is 2.46 bits per heavy atom. The van der Waals surface area contributed by atoms with Crippen LogP contribution in [0.4, 0.5) is 0 Å². The molecule has 2 aromatic rings. The molecule has 0 saturated heterocycles. The largest absolute Gasteiger partial charge is 0.465 e. The van der Waals surface area contributed by atoms with Crippen LogP contribution in [0.1, 0.15) is 44.6 Å². The van der Waals surface area contributed by atoms with Gasteiger partial charge in [0.15, 0.2) is 6.10 Å². The fourth-order valence-electron chi connectivity index (χ4n) is 2.70. The van der Waals surface area contributed by atoms with E-state index in [1.54, 1.807) is 38.1 Å². The van der Waals surface area contributed by atoms with Crippen LogP contribution in [-0.2, 0) is 20.7 Å². The summed E-state index contributed by atoms with van der Waals surface area (Å²) in [6.45, 7) is 4.80. The van der Waals surface area contributed by atoms with Gasteiger partial charge in [0, 0.05) is 10.7 Å². The molecule has 0 bridgehead atoms. The van der Waals surface area contributed by atoms with Crippen molar-refractivity contribution in [2.45, 2.75) is 33.3 Å². The van der Waals surface area contributed by atoms with Gasteiger partial charge in [0.25, 0.3) is 0 Å². The zero-order valence-electron chi connectivity index (χ0n) is 15.0. The average molecular weight is 378 g/mol. The molecule has 26 heavy (non-hydrogen) atoms. The minimum atomic E-state index is -1.01. The molecule has 1 atom stereocenters. The lowest BCUT2D eigenvalue weighted by Crippen LogP contribution is -2.26. The van der Waals surface area contributed by atoms with Gasteiger partial charge >= 0.3 is 11.9 Å². The van der Waals surface area contributed by atoms with E-state index in [4.69, 9.17) is 21.1 Å². The Bertz CT molecular complexity index is 856. The van der Waals surface area contributed by atoms with Crippen molar-refractivity contribution in [2.24, 2.45) is 0 Å². The van der Waals surface area contributed by atoms with Crippen molar-refractivity contribution < 1.29 is 23.9 Å². The van der Waals surface area contributed by atoms with Gasteiger partial charge < -0.3 is 14.5 Å². The molecule has 0 aliphatic carbocycles. The molecule has 2 rings (SSSR count). The van der Waals surface area contributed by atoms with Crippen LogP contribution < -0.4 is 0 Å². The summed E-state index contributed by atoms with van der Waals surface area (Å²) >= 11 is 6.02. The third-order valence-electron chi connectivity index (χ3n) is 4.04. The van der Waals surface area contributed by atoms with Crippen LogP contribution in [0, 0.1) is 13.8 Å². The molecule has 6 nitrogen and oxygen atoms in total. The van der Waals surface area contributed by atoms with Gasteiger partial charge in [-0.1, -0.05) is 29.8 Å². The lowest BCUT2D eigenvalue weighted by molar-refractivity contribution is -0.145. The number of Topliss-reactive ketones (excluding diaryl/α,β-unsaturated/α-hetero) is 1. The maximum Gasteiger partial charge on any atom is 0.339 e. The monoisotopic (exact) mass is 377 g/mol. The van der Waals surface area contributed by atoms with E-state index in [-0.39, 0.29) is 12.1 Å². The Hall–Kier alpha value is -2.60. The standard InChI is InChI=1S/C19H20ClNO5/c1-10-16(19(24)25-4)11(2)21-17(10)18(23)12(3)26-15(22)9-13-7-5-6-8-14(13)20/h5-8,12,21H,9H2,1-4H3/t12-/m0/s1. The molecular formula is C19H20ClNO5. The van der Waals surface area contributed by atoms with Gasteiger partial charge in [-0.3, -0.25) is 9.59 Å². The van der Waals surface area contributed by atoms with Gasteiger partial charge in [-0.05, 0) is 38.0 Å².